The molecule has 88 valence electrons. The maximum atomic E-state index is 11.6. The minimum Gasteiger partial charge on any atom is -0.469 e. The standard InChI is InChI=1S/C12H18N2O2/c1-12(9-13,11(15)16-2)6-5-10-4-3-7-14-8-10/h3-4,7-8H,5-6,9,13H2,1-2H3. The summed E-state index contributed by atoms with van der Waals surface area (Å²) in [6, 6.07) is 3.87. The zero-order valence-corrected chi connectivity index (χ0v) is 9.77. The molecule has 16 heavy (non-hydrogen) atoms. The quantitative estimate of drug-likeness (QED) is 0.759. The molecule has 0 saturated carbocycles. The Morgan fingerprint density at radius 3 is 2.88 bits per heavy atom. The molecule has 1 atom stereocenters. The highest BCUT2D eigenvalue weighted by Gasteiger charge is 2.32. The van der Waals surface area contributed by atoms with Gasteiger partial charge in [-0.15, -0.1) is 0 Å². The Morgan fingerprint density at radius 1 is 1.62 bits per heavy atom. The SMILES string of the molecule is COC(=O)C(C)(CN)CCc1cccnc1. The fourth-order valence-electron chi connectivity index (χ4n) is 1.50. The number of pyridine rings is 1. The summed E-state index contributed by atoms with van der Waals surface area (Å²) >= 11 is 0. The molecule has 1 heterocycles. The van der Waals surface area contributed by atoms with Crippen molar-refractivity contribution in [2.75, 3.05) is 13.7 Å². The number of ether oxygens (including phenoxy) is 1. The van der Waals surface area contributed by atoms with E-state index in [2.05, 4.69) is 4.98 Å². The number of methoxy groups -OCH3 is 1. The first-order valence-corrected chi connectivity index (χ1v) is 5.30. The van der Waals surface area contributed by atoms with Crippen LogP contribution in [0, 0.1) is 5.41 Å². The van der Waals surface area contributed by atoms with E-state index in [9.17, 15) is 4.79 Å². The molecular weight excluding hydrogens is 204 g/mol. The first kappa shape index (κ1) is 12.6. The average Bonchev–Trinajstić information content (AvgIpc) is 2.36. The van der Waals surface area contributed by atoms with E-state index in [-0.39, 0.29) is 5.97 Å². The van der Waals surface area contributed by atoms with Crippen LogP contribution in [0.4, 0.5) is 0 Å². The number of hydrogen-bond donors (Lipinski definition) is 1. The van der Waals surface area contributed by atoms with Crippen LogP contribution in [0.25, 0.3) is 0 Å². The van der Waals surface area contributed by atoms with E-state index >= 15 is 0 Å². The molecule has 0 amide bonds. The lowest BCUT2D eigenvalue weighted by Crippen LogP contribution is -2.37. The van der Waals surface area contributed by atoms with Crippen LogP contribution >= 0.6 is 0 Å². The first-order valence-electron chi connectivity index (χ1n) is 5.30. The lowest BCUT2D eigenvalue weighted by atomic mass is 9.84. The van der Waals surface area contributed by atoms with Gasteiger partial charge in [-0.25, -0.2) is 0 Å². The van der Waals surface area contributed by atoms with Crippen LogP contribution in [0.5, 0.6) is 0 Å². The number of esters is 1. The highest BCUT2D eigenvalue weighted by Crippen LogP contribution is 2.23. The highest BCUT2D eigenvalue weighted by atomic mass is 16.5. The van der Waals surface area contributed by atoms with Crippen LogP contribution in [0.1, 0.15) is 18.9 Å². The fourth-order valence-corrected chi connectivity index (χ4v) is 1.50. The fraction of sp³-hybridized carbons (Fsp3) is 0.500. The van der Waals surface area contributed by atoms with Gasteiger partial charge in [0.05, 0.1) is 12.5 Å². The Morgan fingerprint density at radius 2 is 2.38 bits per heavy atom. The van der Waals surface area contributed by atoms with E-state index in [1.54, 1.807) is 12.4 Å². The van der Waals surface area contributed by atoms with Crippen LogP contribution in [-0.4, -0.2) is 24.6 Å². The Hall–Kier alpha value is -1.42. The summed E-state index contributed by atoms with van der Waals surface area (Å²) in [7, 11) is 1.39. The first-order chi connectivity index (χ1) is 7.62. The second kappa shape index (κ2) is 5.61. The number of aryl methyl sites for hydroxylation is 1. The third-order valence-electron chi connectivity index (χ3n) is 2.82. The molecule has 4 nitrogen and oxygen atoms in total. The van der Waals surface area contributed by atoms with Crippen molar-refractivity contribution in [3.63, 3.8) is 0 Å². The van der Waals surface area contributed by atoms with Crippen LogP contribution in [0.3, 0.4) is 0 Å². The van der Waals surface area contributed by atoms with Crippen LogP contribution in [0.15, 0.2) is 24.5 Å². The van der Waals surface area contributed by atoms with E-state index in [4.69, 9.17) is 10.5 Å². The molecule has 0 aliphatic carbocycles. The number of carbonyl (C=O) groups excluding carboxylic acids is 1. The highest BCUT2D eigenvalue weighted by molar-refractivity contribution is 5.76. The number of hydrogen-bond acceptors (Lipinski definition) is 4. The third kappa shape index (κ3) is 3.03. The van der Waals surface area contributed by atoms with Gasteiger partial charge < -0.3 is 10.5 Å². The average molecular weight is 222 g/mol. The molecule has 0 aliphatic heterocycles. The van der Waals surface area contributed by atoms with E-state index in [0.29, 0.717) is 13.0 Å². The Bertz CT molecular complexity index is 340. The molecule has 0 radical (unpaired) electrons. The summed E-state index contributed by atoms with van der Waals surface area (Å²) in [6.45, 7) is 2.12. The Balaban J connectivity index is 2.62. The van der Waals surface area contributed by atoms with E-state index in [0.717, 1.165) is 12.0 Å². The third-order valence-corrected chi connectivity index (χ3v) is 2.82. The molecule has 0 saturated heterocycles. The largest absolute Gasteiger partial charge is 0.469 e. The summed E-state index contributed by atoms with van der Waals surface area (Å²) in [6.07, 6.45) is 4.97. The van der Waals surface area contributed by atoms with Gasteiger partial charge in [0.15, 0.2) is 0 Å². The molecule has 4 heteroatoms. The molecule has 0 aromatic carbocycles. The van der Waals surface area contributed by atoms with E-state index < -0.39 is 5.41 Å². The molecule has 0 spiro atoms. The topological polar surface area (TPSA) is 65.2 Å². The summed E-state index contributed by atoms with van der Waals surface area (Å²) in [5.41, 5.74) is 6.13. The van der Waals surface area contributed by atoms with Crippen molar-refractivity contribution in [2.24, 2.45) is 11.1 Å². The van der Waals surface area contributed by atoms with Crippen molar-refractivity contribution in [3.8, 4) is 0 Å². The van der Waals surface area contributed by atoms with E-state index in [1.165, 1.54) is 7.11 Å². The number of nitrogens with two attached hydrogens (primary N) is 1. The lowest BCUT2D eigenvalue weighted by Gasteiger charge is -2.24. The van der Waals surface area contributed by atoms with Gasteiger partial charge >= 0.3 is 5.97 Å². The van der Waals surface area contributed by atoms with Crippen molar-refractivity contribution in [3.05, 3.63) is 30.1 Å². The van der Waals surface area contributed by atoms with Gasteiger partial charge in [0.2, 0.25) is 0 Å². The molecule has 1 aromatic heterocycles. The van der Waals surface area contributed by atoms with E-state index in [1.807, 2.05) is 19.1 Å². The molecule has 0 aliphatic rings. The number of carbonyl (C=O) groups is 1. The van der Waals surface area contributed by atoms with Crippen molar-refractivity contribution in [1.82, 2.24) is 4.98 Å². The Labute approximate surface area is 95.8 Å². The van der Waals surface area contributed by atoms with Crippen LogP contribution in [0.2, 0.25) is 0 Å². The van der Waals surface area contributed by atoms with Gasteiger partial charge in [0.1, 0.15) is 0 Å². The summed E-state index contributed by atoms with van der Waals surface area (Å²) in [4.78, 5) is 15.6. The van der Waals surface area contributed by atoms with Crippen molar-refractivity contribution in [1.29, 1.82) is 0 Å². The maximum Gasteiger partial charge on any atom is 0.312 e. The van der Waals surface area contributed by atoms with Gasteiger partial charge in [-0.05, 0) is 31.4 Å². The molecule has 1 aromatic rings. The number of rotatable bonds is 5. The summed E-state index contributed by atoms with van der Waals surface area (Å²) in [5, 5.41) is 0. The maximum absolute atomic E-state index is 11.6. The van der Waals surface area contributed by atoms with Gasteiger partial charge in [-0.1, -0.05) is 6.07 Å². The van der Waals surface area contributed by atoms with Crippen molar-refractivity contribution in [2.45, 2.75) is 19.8 Å². The minimum absolute atomic E-state index is 0.251. The van der Waals surface area contributed by atoms with Crippen LogP contribution < -0.4 is 5.73 Å². The zero-order chi connectivity index (χ0) is 12.0. The predicted molar refractivity (Wildman–Crippen MR) is 61.7 cm³/mol. The minimum atomic E-state index is -0.607. The van der Waals surface area contributed by atoms with Gasteiger partial charge in [-0.2, -0.15) is 0 Å². The summed E-state index contributed by atoms with van der Waals surface area (Å²) in [5.74, 6) is -0.251. The monoisotopic (exact) mass is 222 g/mol. The normalized spacial score (nSPS) is 14.2. The van der Waals surface area contributed by atoms with Crippen LogP contribution in [-0.2, 0) is 16.0 Å². The molecule has 1 rings (SSSR count). The van der Waals surface area contributed by atoms with Crippen molar-refractivity contribution >= 4 is 5.97 Å². The second-order valence-electron chi connectivity index (χ2n) is 4.12. The molecule has 0 bridgehead atoms. The predicted octanol–water partition coefficient (Wildman–Crippen LogP) is 1.15. The summed E-state index contributed by atoms with van der Waals surface area (Å²) < 4.78 is 4.76. The van der Waals surface area contributed by atoms with Gasteiger partial charge in [0.25, 0.3) is 0 Å². The van der Waals surface area contributed by atoms with Crippen molar-refractivity contribution < 1.29 is 9.53 Å². The molecular formula is C12H18N2O2. The van der Waals surface area contributed by atoms with Gasteiger partial charge in [-0.3, -0.25) is 9.78 Å². The molecule has 2 N–H and O–H groups in total. The molecule has 1 unspecified atom stereocenters. The smallest absolute Gasteiger partial charge is 0.312 e. The zero-order valence-electron chi connectivity index (χ0n) is 9.77. The second-order valence-corrected chi connectivity index (χ2v) is 4.12. The van der Waals surface area contributed by atoms with Gasteiger partial charge in [0, 0.05) is 18.9 Å². The lowest BCUT2D eigenvalue weighted by molar-refractivity contribution is -0.151. The number of aromatic nitrogens is 1. The molecule has 0 fully saturated rings. The number of nitrogens with zero attached hydrogens (tertiary/aromatic N) is 1. The Kier molecular flexibility index (Phi) is 4.43.